The highest BCUT2D eigenvalue weighted by Crippen LogP contribution is 2.43. The molecule has 1 heterocycles. The highest BCUT2D eigenvalue weighted by atomic mass is 16.5. The Morgan fingerprint density at radius 3 is 2.93 bits per heavy atom. The van der Waals surface area contributed by atoms with Gasteiger partial charge in [-0.3, -0.25) is 0 Å². The smallest absolute Gasteiger partial charge is 0.333 e. The number of carbonyl (C=O) groups excluding carboxylic acids is 1. The molecule has 0 atom stereocenters. The molecule has 1 aromatic heterocycles. The summed E-state index contributed by atoms with van der Waals surface area (Å²) in [5.41, 5.74) is 5.48. The molecule has 0 aliphatic heterocycles. The molecule has 14 heavy (non-hydrogen) atoms. The molecule has 0 radical (unpaired) electrons. The molecular formula is C8H12N4O2. The molecule has 0 unspecified atom stereocenters. The van der Waals surface area contributed by atoms with Gasteiger partial charge >= 0.3 is 5.97 Å². The van der Waals surface area contributed by atoms with Crippen molar-refractivity contribution >= 4 is 5.97 Å². The second-order valence-electron chi connectivity index (χ2n) is 3.38. The molecule has 76 valence electrons. The Bertz CT molecular complexity index is 356. The number of hydrogen-bond acceptors (Lipinski definition) is 5. The molecular weight excluding hydrogens is 184 g/mol. The summed E-state index contributed by atoms with van der Waals surface area (Å²) in [5.74, 6) is -0.258. The second kappa shape index (κ2) is 3.06. The van der Waals surface area contributed by atoms with E-state index >= 15 is 0 Å². The van der Waals surface area contributed by atoms with Gasteiger partial charge in [0.05, 0.1) is 19.0 Å². The molecule has 6 heteroatoms. The maximum atomic E-state index is 11.5. The number of rotatable bonds is 3. The molecule has 0 bridgehead atoms. The van der Waals surface area contributed by atoms with Gasteiger partial charge in [-0.2, -0.15) is 0 Å². The molecule has 2 rings (SSSR count). The van der Waals surface area contributed by atoms with Gasteiger partial charge in [0, 0.05) is 6.54 Å². The Labute approximate surface area is 81.0 Å². The lowest BCUT2D eigenvalue weighted by atomic mass is 10.3. The molecule has 1 aromatic rings. The predicted octanol–water partition coefficient (Wildman–Crippen LogP) is -0.601. The van der Waals surface area contributed by atoms with Gasteiger partial charge in [0.15, 0.2) is 5.54 Å². The van der Waals surface area contributed by atoms with Crippen LogP contribution in [0.3, 0.4) is 0 Å². The number of methoxy groups -OCH3 is 1. The Morgan fingerprint density at radius 1 is 1.79 bits per heavy atom. The first-order valence-corrected chi connectivity index (χ1v) is 4.43. The minimum atomic E-state index is -0.602. The summed E-state index contributed by atoms with van der Waals surface area (Å²) in [6.07, 6.45) is 3.21. The van der Waals surface area contributed by atoms with E-state index in [0.717, 1.165) is 12.8 Å². The number of esters is 1. The van der Waals surface area contributed by atoms with Gasteiger partial charge < -0.3 is 10.5 Å². The van der Waals surface area contributed by atoms with Gasteiger partial charge in [0.25, 0.3) is 0 Å². The first-order valence-electron chi connectivity index (χ1n) is 4.43. The van der Waals surface area contributed by atoms with E-state index in [0.29, 0.717) is 12.2 Å². The molecule has 1 aliphatic rings. The monoisotopic (exact) mass is 196 g/mol. The van der Waals surface area contributed by atoms with E-state index in [-0.39, 0.29) is 5.97 Å². The van der Waals surface area contributed by atoms with E-state index < -0.39 is 5.54 Å². The van der Waals surface area contributed by atoms with Gasteiger partial charge in [0.2, 0.25) is 0 Å². The fourth-order valence-electron chi connectivity index (χ4n) is 1.44. The summed E-state index contributed by atoms with van der Waals surface area (Å²) in [6.45, 7) is 0.331. The van der Waals surface area contributed by atoms with Gasteiger partial charge in [-0.05, 0) is 12.8 Å². The Balaban J connectivity index is 2.26. The zero-order valence-electron chi connectivity index (χ0n) is 7.93. The summed E-state index contributed by atoms with van der Waals surface area (Å²) in [6, 6.07) is 0. The summed E-state index contributed by atoms with van der Waals surface area (Å²) in [5, 5.41) is 7.71. The van der Waals surface area contributed by atoms with Crippen LogP contribution in [0.1, 0.15) is 18.5 Å². The van der Waals surface area contributed by atoms with Crippen LogP contribution in [-0.2, 0) is 21.6 Å². The zero-order valence-corrected chi connectivity index (χ0v) is 7.93. The molecule has 0 spiro atoms. The molecule has 0 saturated heterocycles. The van der Waals surface area contributed by atoms with Crippen molar-refractivity contribution in [1.29, 1.82) is 0 Å². The van der Waals surface area contributed by atoms with Crippen molar-refractivity contribution in [2.45, 2.75) is 24.9 Å². The van der Waals surface area contributed by atoms with Crippen molar-refractivity contribution in [2.75, 3.05) is 7.11 Å². The van der Waals surface area contributed by atoms with E-state index in [1.165, 1.54) is 7.11 Å². The summed E-state index contributed by atoms with van der Waals surface area (Å²) < 4.78 is 6.27. The Morgan fingerprint density at radius 2 is 2.50 bits per heavy atom. The Kier molecular flexibility index (Phi) is 1.99. The van der Waals surface area contributed by atoms with Gasteiger partial charge in [0.1, 0.15) is 0 Å². The quantitative estimate of drug-likeness (QED) is 0.652. The van der Waals surface area contributed by atoms with Crippen LogP contribution in [0.25, 0.3) is 0 Å². The van der Waals surface area contributed by atoms with Crippen molar-refractivity contribution in [3.63, 3.8) is 0 Å². The van der Waals surface area contributed by atoms with Gasteiger partial charge in [-0.1, -0.05) is 5.21 Å². The standard InChI is InChI=1S/C8H12N4O2/c1-14-7(13)8(2-3-8)12-5-6(4-9)10-11-12/h5H,2-4,9H2,1H3. The molecule has 2 N–H and O–H groups in total. The average Bonchev–Trinajstić information content (AvgIpc) is 2.89. The number of ether oxygens (including phenoxy) is 1. The molecule has 6 nitrogen and oxygen atoms in total. The second-order valence-corrected chi connectivity index (χ2v) is 3.38. The van der Waals surface area contributed by atoms with Crippen molar-refractivity contribution in [3.05, 3.63) is 11.9 Å². The van der Waals surface area contributed by atoms with E-state index in [2.05, 4.69) is 10.3 Å². The predicted molar refractivity (Wildman–Crippen MR) is 47.1 cm³/mol. The SMILES string of the molecule is COC(=O)C1(n2cc(CN)nn2)CC1. The van der Waals surface area contributed by atoms with E-state index in [9.17, 15) is 4.79 Å². The maximum Gasteiger partial charge on any atom is 0.333 e. The molecule has 0 aromatic carbocycles. The van der Waals surface area contributed by atoms with Crippen LogP contribution in [0.5, 0.6) is 0 Å². The number of nitrogens with zero attached hydrogens (tertiary/aromatic N) is 3. The summed E-state index contributed by atoms with van der Waals surface area (Å²) in [4.78, 5) is 11.5. The molecule has 1 fully saturated rings. The van der Waals surface area contributed by atoms with Crippen LogP contribution >= 0.6 is 0 Å². The van der Waals surface area contributed by atoms with Crippen LogP contribution in [0.15, 0.2) is 6.20 Å². The van der Waals surface area contributed by atoms with Crippen molar-refractivity contribution in [1.82, 2.24) is 15.0 Å². The van der Waals surface area contributed by atoms with Crippen LogP contribution in [-0.4, -0.2) is 28.1 Å². The lowest BCUT2D eigenvalue weighted by Crippen LogP contribution is -2.29. The molecule has 1 aliphatic carbocycles. The zero-order chi connectivity index (χ0) is 10.2. The number of nitrogens with two attached hydrogens (primary N) is 1. The lowest BCUT2D eigenvalue weighted by molar-refractivity contribution is -0.146. The topological polar surface area (TPSA) is 83.0 Å². The normalized spacial score (nSPS) is 17.9. The third kappa shape index (κ3) is 1.19. The lowest BCUT2D eigenvalue weighted by Gasteiger charge is -2.11. The van der Waals surface area contributed by atoms with E-state index in [4.69, 9.17) is 10.5 Å². The summed E-state index contributed by atoms with van der Waals surface area (Å²) >= 11 is 0. The number of hydrogen-bond donors (Lipinski definition) is 1. The van der Waals surface area contributed by atoms with Crippen LogP contribution in [0.4, 0.5) is 0 Å². The molecule has 1 saturated carbocycles. The third-order valence-corrected chi connectivity index (χ3v) is 2.48. The van der Waals surface area contributed by atoms with Crippen molar-refractivity contribution in [2.24, 2.45) is 5.73 Å². The van der Waals surface area contributed by atoms with E-state index in [1.54, 1.807) is 10.9 Å². The van der Waals surface area contributed by atoms with Crippen LogP contribution in [0.2, 0.25) is 0 Å². The minimum absolute atomic E-state index is 0.258. The third-order valence-electron chi connectivity index (χ3n) is 2.48. The van der Waals surface area contributed by atoms with Crippen molar-refractivity contribution < 1.29 is 9.53 Å². The maximum absolute atomic E-state index is 11.5. The number of aromatic nitrogens is 3. The first-order chi connectivity index (χ1) is 6.73. The summed E-state index contributed by atoms with van der Waals surface area (Å²) in [7, 11) is 1.38. The van der Waals surface area contributed by atoms with Crippen molar-refractivity contribution in [3.8, 4) is 0 Å². The Hall–Kier alpha value is -1.43. The molecule has 0 amide bonds. The van der Waals surface area contributed by atoms with E-state index in [1.807, 2.05) is 0 Å². The number of carbonyl (C=O) groups is 1. The largest absolute Gasteiger partial charge is 0.467 e. The minimum Gasteiger partial charge on any atom is -0.467 e. The highest BCUT2D eigenvalue weighted by Gasteiger charge is 2.54. The fraction of sp³-hybridized carbons (Fsp3) is 0.625. The van der Waals surface area contributed by atoms with Gasteiger partial charge in [-0.25, -0.2) is 9.48 Å². The fourth-order valence-corrected chi connectivity index (χ4v) is 1.44. The average molecular weight is 196 g/mol. The van der Waals surface area contributed by atoms with Crippen LogP contribution in [0, 0.1) is 0 Å². The van der Waals surface area contributed by atoms with Gasteiger partial charge in [-0.15, -0.1) is 5.10 Å². The first kappa shape index (κ1) is 9.14. The van der Waals surface area contributed by atoms with Crippen LogP contribution < -0.4 is 5.73 Å². The highest BCUT2D eigenvalue weighted by molar-refractivity contribution is 5.81.